The monoisotopic (exact) mass is 432 g/mol. The SMILES string of the molecule is C=CC.[C-]1=CC=CC1.[Cl-].[Cl-].[Zr+4].c1ccc2c(c1)[cH-]c1ccccc12. The molecule has 0 saturated heterocycles. The van der Waals surface area contributed by atoms with Gasteiger partial charge in [0.25, 0.3) is 0 Å². The summed E-state index contributed by atoms with van der Waals surface area (Å²) in [6.07, 6.45) is 11.8. The Bertz CT molecular complexity index is 709. The zero-order chi connectivity index (χ0) is 14.9. The van der Waals surface area contributed by atoms with Crippen LogP contribution in [0.2, 0.25) is 0 Å². The molecule has 0 N–H and O–H groups in total. The number of fused-ring (bicyclic) bond motifs is 3. The molecule has 0 amide bonds. The molecule has 0 atom stereocenters. The maximum absolute atomic E-state index is 3.36. The number of allylic oxidation sites excluding steroid dienone is 5. The van der Waals surface area contributed by atoms with Crippen molar-refractivity contribution in [1.29, 1.82) is 0 Å². The van der Waals surface area contributed by atoms with Gasteiger partial charge in [-0.3, -0.25) is 6.08 Å². The Morgan fingerprint density at radius 3 is 1.75 bits per heavy atom. The predicted molar refractivity (Wildman–Crippen MR) is 94.5 cm³/mol. The Morgan fingerprint density at radius 1 is 0.958 bits per heavy atom. The first kappa shape index (κ1) is 25.2. The smallest absolute Gasteiger partial charge is 1.00 e. The van der Waals surface area contributed by atoms with Gasteiger partial charge >= 0.3 is 26.2 Å². The summed E-state index contributed by atoms with van der Waals surface area (Å²) in [6, 6.07) is 19.3. The minimum atomic E-state index is 0. The molecule has 1 aliphatic carbocycles. The second-order valence-corrected chi connectivity index (χ2v) is 4.73. The van der Waals surface area contributed by atoms with Crippen LogP contribution in [-0.4, -0.2) is 0 Å². The first-order chi connectivity index (χ1) is 10.4. The molecule has 1 aliphatic rings. The number of hydrogen-bond acceptors (Lipinski definition) is 0. The van der Waals surface area contributed by atoms with Crippen LogP contribution in [0.15, 0.2) is 85.5 Å². The number of halogens is 2. The number of rotatable bonds is 0. The standard InChI is InChI=1S/C13H9.C5H5.C3H6.2ClH.Zr/c1-3-7-12-10(5-1)9-11-6-2-4-8-13(11)12;1-2-4-5-3-1;1-3-2;;;/h1-9H;1-3H,4H2;3H,1H2,2H3;2*1H;/q2*-1;;;;+4/p-2. The summed E-state index contributed by atoms with van der Waals surface area (Å²) in [6.45, 7) is 5.25. The Hall–Kier alpha value is -1.01. The van der Waals surface area contributed by atoms with Crippen molar-refractivity contribution in [2.45, 2.75) is 13.3 Å². The molecule has 0 fully saturated rings. The summed E-state index contributed by atoms with van der Waals surface area (Å²) in [4.78, 5) is 0. The van der Waals surface area contributed by atoms with E-state index < -0.39 is 0 Å². The molecule has 0 unspecified atom stereocenters. The molecular formula is C21H20Cl2Zr. The van der Waals surface area contributed by atoms with Crippen LogP contribution in [0.5, 0.6) is 0 Å². The van der Waals surface area contributed by atoms with Crippen molar-refractivity contribution in [3.63, 3.8) is 0 Å². The van der Waals surface area contributed by atoms with E-state index in [9.17, 15) is 0 Å². The third kappa shape index (κ3) is 7.26. The molecular weight excluding hydrogens is 414 g/mol. The summed E-state index contributed by atoms with van der Waals surface area (Å²) in [7, 11) is 0. The van der Waals surface area contributed by atoms with Gasteiger partial charge in [-0.25, -0.2) is 12.2 Å². The van der Waals surface area contributed by atoms with Gasteiger partial charge in [-0.15, -0.1) is 52.7 Å². The fourth-order valence-electron chi connectivity index (χ4n) is 2.24. The van der Waals surface area contributed by atoms with E-state index in [1.165, 1.54) is 21.5 Å². The topological polar surface area (TPSA) is 0 Å². The molecule has 0 heterocycles. The fraction of sp³-hybridized carbons (Fsp3) is 0.0952. The van der Waals surface area contributed by atoms with Crippen LogP contribution < -0.4 is 24.8 Å². The van der Waals surface area contributed by atoms with E-state index in [-0.39, 0.29) is 51.0 Å². The van der Waals surface area contributed by atoms with Gasteiger partial charge in [0, 0.05) is 0 Å². The summed E-state index contributed by atoms with van der Waals surface area (Å²) in [5.41, 5.74) is 0. The average molecular weight is 435 g/mol. The summed E-state index contributed by atoms with van der Waals surface area (Å²) in [5.74, 6) is 0. The largest absolute Gasteiger partial charge is 4.00 e. The molecule has 0 saturated carbocycles. The van der Waals surface area contributed by atoms with Crippen LogP contribution in [0.25, 0.3) is 21.5 Å². The molecule has 3 heteroatoms. The van der Waals surface area contributed by atoms with E-state index in [1.807, 2.05) is 19.1 Å². The van der Waals surface area contributed by atoms with Crippen molar-refractivity contribution in [2.24, 2.45) is 0 Å². The zero-order valence-corrected chi connectivity index (χ0v) is 17.6. The fourth-order valence-corrected chi connectivity index (χ4v) is 2.24. The van der Waals surface area contributed by atoms with Crippen molar-refractivity contribution in [2.75, 3.05) is 0 Å². The van der Waals surface area contributed by atoms with Gasteiger partial charge in [-0.05, 0) is 6.92 Å². The van der Waals surface area contributed by atoms with Crippen molar-refractivity contribution in [3.05, 3.63) is 91.6 Å². The molecule has 0 aliphatic heterocycles. The van der Waals surface area contributed by atoms with Gasteiger partial charge in [0.1, 0.15) is 0 Å². The minimum absolute atomic E-state index is 0. The number of benzene rings is 2. The third-order valence-electron chi connectivity index (χ3n) is 3.11. The second-order valence-electron chi connectivity index (χ2n) is 4.73. The minimum Gasteiger partial charge on any atom is -1.00 e. The predicted octanol–water partition coefficient (Wildman–Crippen LogP) is 0.215. The van der Waals surface area contributed by atoms with Crippen molar-refractivity contribution in [3.8, 4) is 0 Å². The van der Waals surface area contributed by atoms with Gasteiger partial charge in [0.05, 0.1) is 0 Å². The van der Waals surface area contributed by atoms with Gasteiger partial charge in [0.2, 0.25) is 0 Å². The zero-order valence-electron chi connectivity index (χ0n) is 13.7. The first-order valence-electron chi connectivity index (χ1n) is 7.18. The van der Waals surface area contributed by atoms with Gasteiger partial charge in [0.15, 0.2) is 0 Å². The molecule has 4 rings (SSSR count). The molecule has 0 bridgehead atoms. The summed E-state index contributed by atoms with van der Waals surface area (Å²) in [5, 5.41) is 5.39. The van der Waals surface area contributed by atoms with Crippen LogP contribution in [0, 0.1) is 6.08 Å². The van der Waals surface area contributed by atoms with E-state index in [1.54, 1.807) is 6.08 Å². The molecule has 0 nitrogen and oxygen atoms in total. The van der Waals surface area contributed by atoms with E-state index in [4.69, 9.17) is 0 Å². The molecule has 3 aromatic rings. The van der Waals surface area contributed by atoms with Gasteiger partial charge in [-0.2, -0.15) is 6.08 Å². The number of hydrogen-bond donors (Lipinski definition) is 0. The van der Waals surface area contributed by atoms with Crippen LogP contribution in [0.3, 0.4) is 0 Å². The van der Waals surface area contributed by atoms with Crippen molar-refractivity contribution in [1.82, 2.24) is 0 Å². The van der Waals surface area contributed by atoms with Crippen LogP contribution in [-0.2, 0) is 26.2 Å². The van der Waals surface area contributed by atoms with Crippen LogP contribution in [0.4, 0.5) is 0 Å². The Labute approximate surface area is 176 Å². The molecule has 122 valence electrons. The maximum atomic E-state index is 3.36. The van der Waals surface area contributed by atoms with Crippen molar-refractivity contribution >= 4 is 21.5 Å². The normalized spacial score (nSPS) is 10.2. The average Bonchev–Trinajstić information content (AvgIpc) is 3.19. The summed E-state index contributed by atoms with van der Waals surface area (Å²) >= 11 is 0. The van der Waals surface area contributed by atoms with E-state index in [0.29, 0.717) is 0 Å². The van der Waals surface area contributed by atoms with E-state index in [0.717, 1.165) is 6.42 Å². The molecule has 3 aromatic carbocycles. The van der Waals surface area contributed by atoms with Gasteiger partial charge in [-0.1, -0.05) is 42.5 Å². The first-order valence-corrected chi connectivity index (χ1v) is 7.18. The third-order valence-corrected chi connectivity index (χ3v) is 3.11. The Kier molecular flexibility index (Phi) is 15.1. The van der Waals surface area contributed by atoms with Crippen LogP contribution in [0.1, 0.15) is 13.3 Å². The summed E-state index contributed by atoms with van der Waals surface area (Å²) < 4.78 is 0. The Balaban J connectivity index is 0. The van der Waals surface area contributed by atoms with E-state index in [2.05, 4.69) is 73.3 Å². The quantitative estimate of drug-likeness (QED) is 0.351. The molecule has 0 aromatic heterocycles. The van der Waals surface area contributed by atoms with Crippen LogP contribution >= 0.6 is 0 Å². The van der Waals surface area contributed by atoms with Crippen molar-refractivity contribution < 1.29 is 51.0 Å². The molecule has 0 radical (unpaired) electrons. The molecule has 24 heavy (non-hydrogen) atoms. The second kappa shape index (κ2) is 14.3. The van der Waals surface area contributed by atoms with E-state index >= 15 is 0 Å². The van der Waals surface area contributed by atoms with Gasteiger partial charge < -0.3 is 24.8 Å². The Morgan fingerprint density at radius 2 is 1.42 bits per heavy atom. The maximum Gasteiger partial charge on any atom is 4.00 e. The molecule has 0 spiro atoms.